The van der Waals surface area contributed by atoms with Crippen molar-refractivity contribution in [2.24, 2.45) is 0 Å². The number of fused-ring (bicyclic) bond motifs is 1. The predicted molar refractivity (Wildman–Crippen MR) is 74.6 cm³/mol. The van der Waals surface area contributed by atoms with Crippen LogP contribution in [0.15, 0.2) is 28.6 Å². The van der Waals surface area contributed by atoms with Crippen molar-refractivity contribution >= 4 is 44.8 Å². The van der Waals surface area contributed by atoms with Crippen molar-refractivity contribution in [3.8, 4) is 0 Å². The maximum Gasteiger partial charge on any atom is 0.182 e. The molecule has 0 spiro atoms. The van der Waals surface area contributed by atoms with Crippen LogP contribution in [0.1, 0.15) is 6.42 Å². The van der Waals surface area contributed by atoms with Crippen molar-refractivity contribution < 1.29 is 4.21 Å². The third-order valence-corrected chi connectivity index (χ3v) is 5.78. The fraction of sp³-hybridized carbons (Fsp3) is 0.364. The number of rotatable bonds is 2. The second-order valence-corrected chi connectivity index (χ2v) is 6.80. The topological polar surface area (TPSA) is 42.0 Å². The van der Waals surface area contributed by atoms with E-state index < -0.39 is 10.8 Å². The number of nitrogens with one attached hydrogen (secondary N) is 1. The number of nitrogens with zero attached hydrogens (tertiary/aromatic N) is 1. The Hall–Kier alpha value is -0.490. The summed E-state index contributed by atoms with van der Waals surface area (Å²) in [6, 6.07) is 7.95. The molecule has 1 aliphatic rings. The third kappa shape index (κ3) is 2.52. The predicted octanol–water partition coefficient (Wildman–Crippen LogP) is 2.19. The van der Waals surface area contributed by atoms with Crippen LogP contribution < -0.4 is 5.32 Å². The average Bonchev–Trinajstić information content (AvgIpc) is 2.97. The van der Waals surface area contributed by atoms with Crippen LogP contribution in [0.4, 0.5) is 0 Å². The molecular weight excluding hydrogens is 276 g/mol. The van der Waals surface area contributed by atoms with Gasteiger partial charge in [0.1, 0.15) is 0 Å². The fourth-order valence-electron chi connectivity index (χ4n) is 1.89. The van der Waals surface area contributed by atoms with Gasteiger partial charge in [0.2, 0.25) is 0 Å². The zero-order valence-electron chi connectivity index (χ0n) is 9.09. The van der Waals surface area contributed by atoms with Gasteiger partial charge in [-0.3, -0.25) is 4.21 Å². The van der Waals surface area contributed by atoms with E-state index in [1.807, 2.05) is 24.3 Å². The van der Waals surface area contributed by atoms with E-state index in [-0.39, 0.29) is 17.7 Å². The number of thiazole rings is 1. The van der Waals surface area contributed by atoms with Crippen LogP contribution in [0.25, 0.3) is 10.2 Å². The molecule has 0 radical (unpaired) electrons. The highest BCUT2D eigenvalue weighted by Gasteiger charge is 2.24. The summed E-state index contributed by atoms with van der Waals surface area (Å²) in [5.41, 5.74) is 0.960. The molecule has 1 aliphatic heterocycles. The van der Waals surface area contributed by atoms with Crippen molar-refractivity contribution in [2.75, 3.05) is 13.1 Å². The molecule has 3 nitrogen and oxygen atoms in total. The Kier molecular flexibility index (Phi) is 4.14. The minimum absolute atomic E-state index is 0. The SMILES string of the molecule is Cl.O=[S@@](c1nc2ccccc2s1)[C@H]1CCNC1. The van der Waals surface area contributed by atoms with Crippen molar-refractivity contribution in [1.82, 2.24) is 10.3 Å². The van der Waals surface area contributed by atoms with Crippen molar-refractivity contribution in [2.45, 2.75) is 16.0 Å². The van der Waals surface area contributed by atoms with E-state index in [9.17, 15) is 4.21 Å². The molecule has 6 heteroatoms. The van der Waals surface area contributed by atoms with Crippen molar-refractivity contribution in [1.29, 1.82) is 0 Å². The van der Waals surface area contributed by atoms with Crippen LogP contribution in [0.5, 0.6) is 0 Å². The Labute approximate surface area is 113 Å². The first-order chi connectivity index (χ1) is 7.84. The lowest BCUT2D eigenvalue weighted by molar-refractivity contribution is 0.672. The van der Waals surface area contributed by atoms with Gasteiger partial charge in [0.15, 0.2) is 4.34 Å². The van der Waals surface area contributed by atoms with Crippen LogP contribution in [-0.2, 0) is 10.8 Å². The van der Waals surface area contributed by atoms with E-state index in [4.69, 9.17) is 0 Å². The molecule has 2 heterocycles. The normalized spacial score (nSPS) is 21.3. The molecule has 2 atom stereocenters. The number of para-hydroxylation sites is 1. The molecule has 1 saturated heterocycles. The summed E-state index contributed by atoms with van der Waals surface area (Å²) in [7, 11) is -0.946. The summed E-state index contributed by atoms with van der Waals surface area (Å²) < 4.78 is 14.1. The van der Waals surface area contributed by atoms with Gasteiger partial charge >= 0.3 is 0 Å². The lowest BCUT2D eigenvalue weighted by Gasteiger charge is -2.03. The lowest BCUT2D eigenvalue weighted by atomic mass is 10.3. The van der Waals surface area contributed by atoms with E-state index >= 15 is 0 Å². The number of hydrogen-bond acceptors (Lipinski definition) is 4. The average molecular weight is 289 g/mol. The Morgan fingerprint density at radius 3 is 2.94 bits per heavy atom. The van der Waals surface area contributed by atoms with Crippen LogP contribution in [-0.4, -0.2) is 27.5 Å². The summed E-state index contributed by atoms with van der Waals surface area (Å²) in [5, 5.41) is 3.48. The summed E-state index contributed by atoms with van der Waals surface area (Å²) in [5.74, 6) is 0. The van der Waals surface area contributed by atoms with Gasteiger partial charge in [-0.25, -0.2) is 4.98 Å². The standard InChI is InChI=1S/C11H12N2OS2.ClH/c14-16(8-5-6-12-7-8)11-13-9-3-1-2-4-10(9)15-11;/h1-4,8,12H,5-7H2;1H/t8-,16+;/m0./s1. The lowest BCUT2D eigenvalue weighted by Crippen LogP contribution is -2.18. The molecule has 3 rings (SSSR count). The number of aromatic nitrogens is 1. The second kappa shape index (κ2) is 5.44. The van der Waals surface area contributed by atoms with E-state index in [0.717, 1.165) is 34.1 Å². The van der Waals surface area contributed by atoms with E-state index in [2.05, 4.69) is 10.3 Å². The largest absolute Gasteiger partial charge is 0.315 e. The Bertz CT molecular complexity index is 504. The molecule has 1 aromatic carbocycles. The van der Waals surface area contributed by atoms with Gasteiger partial charge in [0.05, 0.1) is 26.3 Å². The van der Waals surface area contributed by atoms with E-state index in [1.54, 1.807) is 11.3 Å². The zero-order chi connectivity index (χ0) is 11.0. The van der Waals surface area contributed by atoms with Crippen LogP contribution >= 0.6 is 23.7 Å². The minimum Gasteiger partial charge on any atom is -0.315 e. The Morgan fingerprint density at radius 1 is 1.41 bits per heavy atom. The zero-order valence-corrected chi connectivity index (χ0v) is 11.5. The minimum atomic E-state index is -0.946. The molecule has 17 heavy (non-hydrogen) atoms. The van der Waals surface area contributed by atoms with Crippen LogP contribution in [0.3, 0.4) is 0 Å². The van der Waals surface area contributed by atoms with Gasteiger partial charge in [-0.2, -0.15) is 0 Å². The Morgan fingerprint density at radius 2 is 2.24 bits per heavy atom. The molecule has 0 saturated carbocycles. The van der Waals surface area contributed by atoms with Gasteiger partial charge in [-0.15, -0.1) is 23.7 Å². The molecule has 2 aromatic rings. The maximum absolute atomic E-state index is 12.2. The number of hydrogen-bond donors (Lipinski definition) is 1. The molecule has 1 fully saturated rings. The summed E-state index contributed by atoms with van der Waals surface area (Å²) >= 11 is 1.55. The fourth-order valence-corrected chi connectivity index (χ4v) is 4.67. The van der Waals surface area contributed by atoms with E-state index in [0.29, 0.717) is 0 Å². The summed E-state index contributed by atoms with van der Waals surface area (Å²) in [6.07, 6.45) is 0.989. The number of benzene rings is 1. The molecule has 0 bridgehead atoms. The molecule has 92 valence electrons. The summed E-state index contributed by atoms with van der Waals surface area (Å²) in [4.78, 5) is 4.45. The van der Waals surface area contributed by atoms with Gasteiger partial charge in [-0.05, 0) is 25.1 Å². The highest BCUT2D eigenvalue weighted by Crippen LogP contribution is 2.26. The van der Waals surface area contributed by atoms with Gasteiger partial charge in [0.25, 0.3) is 0 Å². The molecule has 1 N–H and O–H groups in total. The number of halogens is 1. The second-order valence-electron chi connectivity index (χ2n) is 3.86. The maximum atomic E-state index is 12.2. The van der Waals surface area contributed by atoms with Crippen LogP contribution in [0, 0.1) is 0 Å². The quantitative estimate of drug-likeness (QED) is 0.921. The molecule has 1 aromatic heterocycles. The Balaban J connectivity index is 0.00000108. The summed E-state index contributed by atoms with van der Waals surface area (Å²) in [6.45, 7) is 1.82. The first-order valence-electron chi connectivity index (χ1n) is 5.31. The van der Waals surface area contributed by atoms with Gasteiger partial charge in [0, 0.05) is 6.54 Å². The van der Waals surface area contributed by atoms with Crippen LogP contribution in [0.2, 0.25) is 0 Å². The van der Waals surface area contributed by atoms with E-state index in [1.165, 1.54) is 0 Å². The highest BCUT2D eigenvalue weighted by atomic mass is 35.5. The highest BCUT2D eigenvalue weighted by molar-refractivity contribution is 7.88. The monoisotopic (exact) mass is 288 g/mol. The molecule has 0 aliphatic carbocycles. The molecule has 0 amide bonds. The van der Waals surface area contributed by atoms with Crippen molar-refractivity contribution in [3.63, 3.8) is 0 Å². The molecule has 0 unspecified atom stereocenters. The van der Waals surface area contributed by atoms with Gasteiger partial charge in [-0.1, -0.05) is 12.1 Å². The smallest absolute Gasteiger partial charge is 0.182 e. The third-order valence-electron chi connectivity index (χ3n) is 2.76. The molecular formula is C11H13ClN2OS2. The first kappa shape index (κ1) is 13.0. The van der Waals surface area contributed by atoms with Crippen molar-refractivity contribution in [3.05, 3.63) is 24.3 Å². The van der Waals surface area contributed by atoms with Gasteiger partial charge < -0.3 is 5.32 Å². The first-order valence-corrected chi connectivity index (χ1v) is 7.34.